The van der Waals surface area contributed by atoms with Crippen molar-refractivity contribution in [2.45, 2.75) is 31.2 Å². The van der Waals surface area contributed by atoms with Gasteiger partial charge in [0, 0.05) is 41.1 Å². The number of aromatic nitrogens is 1. The number of rotatable bonds is 9. The summed E-state index contributed by atoms with van der Waals surface area (Å²) in [5.41, 5.74) is 2.22. The molecule has 0 radical (unpaired) electrons. The van der Waals surface area contributed by atoms with Crippen LogP contribution in [-0.4, -0.2) is 30.0 Å². The van der Waals surface area contributed by atoms with Crippen LogP contribution >= 0.6 is 11.8 Å². The first-order chi connectivity index (χ1) is 13.1. The summed E-state index contributed by atoms with van der Waals surface area (Å²) in [6.45, 7) is 5.94. The van der Waals surface area contributed by atoms with Crippen molar-refractivity contribution in [1.29, 1.82) is 0 Å². The summed E-state index contributed by atoms with van der Waals surface area (Å²) in [5, 5.41) is 9.40. The molecule has 3 aromatic rings. The molecule has 2 N–H and O–H groups in total. The van der Waals surface area contributed by atoms with Crippen molar-refractivity contribution in [3.63, 3.8) is 0 Å². The molecule has 2 aromatic carbocycles. The van der Waals surface area contributed by atoms with E-state index in [2.05, 4.69) is 40.7 Å². The molecule has 1 heterocycles. The molecule has 0 amide bonds. The molecule has 5 heteroatoms. The molecule has 0 bridgehead atoms. The number of fused-ring (bicyclic) bond motifs is 1. The van der Waals surface area contributed by atoms with Gasteiger partial charge < -0.3 is 10.6 Å². The van der Waals surface area contributed by atoms with E-state index >= 15 is 0 Å². The lowest BCUT2D eigenvalue weighted by molar-refractivity contribution is 0.536. The third-order valence-electron chi connectivity index (χ3n) is 4.61. The molecular weight excluding hydrogens is 357 g/mol. The lowest BCUT2D eigenvalue weighted by atomic mass is 10.1. The number of benzene rings is 2. The number of pyridine rings is 1. The van der Waals surface area contributed by atoms with Crippen molar-refractivity contribution < 1.29 is 4.39 Å². The van der Waals surface area contributed by atoms with E-state index in [1.165, 1.54) is 27.3 Å². The third kappa shape index (κ3) is 6.03. The number of nitrogens with one attached hydrogen (secondary N) is 2. The standard InChI is InChI=1S/C22H26FN3S/c1-16-11-21(23)5-3-18(16)7-9-24-13-17(2)26-15-27-22-6-4-20-14-25-10-8-19(20)12-22/h3-6,8,10-12,14,17,24,26H,7,9,13,15H2,1-2H3/t17-/m1/s1. The van der Waals surface area contributed by atoms with E-state index in [1.807, 2.05) is 43.2 Å². The fraction of sp³-hybridized carbons (Fsp3) is 0.318. The maximum absolute atomic E-state index is 13.1. The van der Waals surface area contributed by atoms with Crippen LogP contribution in [0, 0.1) is 12.7 Å². The Bertz CT molecular complexity index is 884. The zero-order chi connectivity index (χ0) is 19.1. The minimum absolute atomic E-state index is 0.164. The fourth-order valence-corrected chi connectivity index (χ4v) is 3.88. The van der Waals surface area contributed by atoms with E-state index in [0.717, 1.165) is 31.0 Å². The minimum atomic E-state index is -0.164. The normalized spacial score (nSPS) is 12.4. The van der Waals surface area contributed by atoms with Crippen molar-refractivity contribution in [2.24, 2.45) is 0 Å². The summed E-state index contributed by atoms with van der Waals surface area (Å²) in [7, 11) is 0. The van der Waals surface area contributed by atoms with Crippen LogP contribution in [0.3, 0.4) is 0 Å². The van der Waals surface area contributed by atoms with Crippen LogP contribution in [0.4, 0.5) is 4.39 Å². The Morgan fingerprint density at radius 3 is 2.85 bits per heavy atom. The Morgan fingerprint density at radius 1 is 1.11 bits per heavy atom. The number of nitrogens with zero attached hydrogens (tertiary/aromatic N) is 1. The monoisotopic (exact) mass is 383 g/mol. The highest BCUT2D eigenvalue weighted by Crippen LogP contribution is 2.22. The molecule has 1 aromatic heterocycles. The molecule has 142 valence electrons. The predicted molar refractivity (Wildman–Crippen MR) is 113 cm³/mol. The maximum Gasteiger partial charge on any atom is 0.123 e. The quantitative estimate of drug-likeness (QED) is 0.323. The smallest absolute Gasteiger partial charge is 0.123 e. The van der Waals surface area contributed by atoms with Crippen molar-refractivity contribution in [3.05, 3.63) is 71.8 Å². The van der Waals surface area contributed by atoms with Gasteiger partial charge in [-0.05, 0) is 73.7 Å². The second-order valence-electron chi connectivity index (χ2n) is 6.80. The lowest BCUT2D eigenvalue weighted by Crippen LogP contribution is -2.36. The van der Waals surface area contributed by atoms with Crippen LogP contribution in [0.25, 0.3) is 10.8 Å². The molecule has 0 saturated carbocycles. The van der Waals surface area contributed by atoms with E-state index < -0.39 is 0 Å². The van der Waals surface area contributed by atoms with Crippen LogP contribution < -0.4 is 10.6 Å². The SMILES string of the molecule is Cc1cc(F)ccc1CCNC[C@@H](C)NCSc1ccc2cnccc2c1. The molecular formula is C22H26FN3S. The largest absolute Gasteiger partial charge is 0.315 e. The molecule has 0 unspecified atom stereocenters. The highest BCUT2D eigenvalue weighted by molar-refractivity contribution is 7.99. The van der Waals surface area contributed by atoms with Gasteiger partial charge in [-0.25, -0.2) is 4.39 Å². The maximum atomic E-state index is 13.1. The molecule has 0 aliphatic heterocycles. The number of halogens is 1. The predicted octanol–water partition coefficient (Wildman–Crippen LogP) is 4.54. The molecule has 0 fully saturated rings. The van der Waals surface area contributed by atoms with Gasteiger partial charge in [0.15, 0.2) is 0 Å². The van der Waals surface area contributed by atoms with Gasteiger partial charge in [-0.15, -0.1) is 11.8 Å². The summed E-state index contributed by atoms with van der Waals surface area (Å²) in [4.78, 5) is 5.41. The molecule has 3 rings (SSSR count). The Labute approximate surface area is 164 Å². The van der Waals surface area contributed by atoms with E-state index in [0.29, 0.717) is 6.04 Å². The molecule has 1 atom stereocenters. The van der Waals surface area contributed by atoms with Gasteiger partial charge in [-0.2, -0.15) is 0 Å². The van der Waals surface area contributed by atoms with Crippen LogP contribution in [0.1, 0.15) is 18.1 Å². The van der Waals surface area contributed by atoms with Gasteiger partial charge >= 0.3 is 0 Å². The first-order valence-corrected chi connectivity index (χ1v) is 10.3. The lowest BCUT2D eigenvalue weighted by Gasteiger charge is -2.15. The van der Waals surface area contributed by atoms with E-state index in [4.69, 9.17) is 0 Å². The summed E-state index contributed by atoms with van der Waals surface area (Å²) >= 11 is 1.81. The Morgan fingerprint density at radius 2 is 2.00 bits per heavy atom. The van der Waals surface area contributed by atoms with Crippen molar-refractivity contribution in [2.75, 3.05) is 19.0 Å². The summed E-state index contributed by atoms with van der Waals surface area (Å²) in [6, 6.07) is 13.9. The number of aryl methyl sites for hydroxylation is 1. The van der Waals surface area contributed by atoms with Crippen LogP contribution in [0.15, 0.2) is 59.8 Å². The second kappa shape index (κ2) is 9.83. The van der Waals surface area contributed by atoms with Gasteiger partial charge in [0.1, 0.15) is 5.82 Å². The van der Waals surface area contributed by atoms with E-state index in [9.17, 15) is 4.39 Å². The summed E-state index contributed by atoms with van der Waals surface area (Å²) < 4.78 is 13.1. The number of thioether (sulfide) groups is 1. The van der Waals surface area contributed by atoms with Gasteiger partial charge in [-0.3, -0.25) is 4.98 Å². The number of hydrogen-bond acceptors (Lipinski definition) is 4. The first kappa shape index (κ1) is 19.8. The minimum Gasteiger partial charge on any atom is -0.315 e. The molecule has 3 nitrogen and oxygen atoms in total. The highest BCUT2D eigenvalue weighted by Gasteiger charge is 2.04. The highest BCUT2D eigenvalue weighted by atomic mass is 32.2. The van der Waals surface area contributed by atoms with Gasteiger partial charge in [0.05, 0.1) is 0 Å². The average molecular weight is 384 g/mol. The zero-order valence-corrected chi connectivity index (χ0v) is 16.7. The van der Waals surface area contributed by atoms with Crippen LogP contribution in [0.2, 0.25) is 0 Å². The summed E-state index contributed by atoms with van der Waals surface area (Å²) in [6.07, 6.45) is 4.64. The molecule has 27 heavy (non-hydrogen) atoms. The van der Waals surface area contributed by atoms with Gasteiger partial charge in [0.25, 0.3) is 0 Å². The topological polar surface area (TPSA) is 37.0 Å². The molecule has 0 aliphatic carbocycles. The van der Waals surface area contributed by atoms with Crippen molar-refractivity contribution in [1.82, 2.24) is 15.6 Å². The second-order valence-corrected chi connectivity index (χ2v) is 7.85. The third-order valence-corrected chi connectivity index (χ3v) is 5.51. The molecule has 0 spiro atoms. The van der Waals surface area contributed by atoms with Crippen LogP contribution in [0.5, 0.6) is 0 Å². The van der Waals surface area contributed by atoms with Crippen molar-refractivity contribution >= 4 is 22.5 Å². The van der Waals surface area contributed by atoms with E-state index in [-0.39, 0.29) is 5.82 Å². The Balaban J connectivity index is 1.35. The van der Waals surface area contributed by atoms with Crippen LogP contribution in [-0.2, 0) is 6.42 Å². The molecule has 0 aliphatic rings. The Hall–Kier alpha value is -1.95. The van der Waals surface area contributed by atoms with E-state index in [1.54, 1.807) is 6.07 Å². The van der Waals surface area contributed by atoms with Gasteiger partial charge in [0.2, 0.25) is 0 Å². The zero-order valence-electron chi connectivity index (χ0n) is 15.8. The van der Waals surface area contributed by atoms with Gasteiger partial charge in [-0.1, -0.05) is 12.1 Å². The average Bonchev–Trinajstić information content (AvgIpc) is 2.66. The summed E-state index contributed by atoms with van der Waals surface area (Å²) in [5.74, 6) is 0.707. The molecule has 0 saturated heterocycles. The fourth-order valence-electron chi connectivity index (χ4n) is 2.97. The number of hydrogen-bond donors (Lipinski definition) is 2. The Kier molecular flexibility index (Phi) is 7.21. The van der Waals surface area contributed by atoms with Crippen molar-refractivity contribution in [3.8, 4) is 0 Å². The first-order valence-electron chi connectivity index (χ1n) is 9.27.